The monoisotopic (exact) mass is 327 g/mol. The van der Waals surface area contributed by atoms with Gasteiger partial charge in [0.2, 0.25) is 0 Å². The first-order chi connectivity index (χ1) is 8.64. The van der Waals surface area contributed by atoms with E-state index in [1.54, 1.807) is 6.92 Å². The van der Waals surface area contributed by atoms with Gasteiger partial charge in [0.25, 0.3) is 0 Å². The molecule has 1 heterocycles. The Morgan fingerprint density at radius 3 is 2.16 bits per heavy atom. The van der Waals surface area contributed by atoms with Crippen LogP contribution in [0.15, 0.2) is 6.07 Å². The van der Waals surface area contributed by atoms with Crippen molar-refractivity contribution in [2.24, 2.45) is 0 Å². The minimum Gasteiger partial charge on any atom is -0.241 e. The zero-order valence-electron chi connectivity index (χ0n) is 9.79. The lowest BCUT2D eigenvalue weighted by atomic mass is 10.1. The normalized spacial score (nSPS) is 12.2. The third kappa shape index (κ3) is 2.37. The maximum absolute atomic E-state index is 12.9. The van der Waals surface area contributed by atoms with Crippen molar-refractivity contribution in [3.63, 3.8) is 0 Å². The van der Waals surface area contributed by atoms with Gasteiger partial charge in [0.1, 0.15) is 5.69 Å². The summed E-state index contributed by atoms with van der Waals surface area (Å²) < 4.78 is 38.6. The molecule has 0 fully saturated rings. The molecule has 0 amide bonds. The number of aromatic nitrogens is 1. The fourth-order valence-electron chi connectivity index (χ4n) is 1.82. The van der Waals surface area contributed by atoms with Crippen LogP contribution >= 0.6 is 34.8 Å². The number of fused-ring (bicyclic) bond motifs is 1. The maximum Gasteiger partial charge on any atom is 0.433 e. The molecule has 2 aromatic rings. The predicted molar refractivity (Wildman–Crippen MR) is 71.2 cm³/mol. The van der Waals surface area contributed by atoms with Crippen molar-refractivity contribution in [1.29, 1.82) is 0 Å². The number of halogens is 6. The van der Waals surface area contributed by atoms with Crippen LogP contribution in [-0.4, -0.2) is 4.98 Å². The number of aryl methyl sites for hydroxylation is 1. The van der Waals surface area contributed by atoms with E-state index >= 15 is 0 Å². The molecule has 1 nitrogen and oxygen atoms in total. The van der Waals surface area contributed by atoms with Crippen LogP contribution in [0.2, 0.25) is 15.1 Å². The van der Waals surface area contributed by atoms with E-state index in [4.69, 9.17) is 34.8 Å². The van der Waals surface area contributed by atoms with Gasteiger partial charge >= 0.3 is 6.18 Å². The molecule has 0 aliphatic rings. The molecule has 19 heavy (non-hydrogen) atoms. The number of hydrogen-bond donors (Lipinski definition) is 0. The summed E-state index contributed by atoms with van der Waals surface area (Å²) >= 11 is 18.0. The summed E-state index contributed by atoms with van der Waals surface area (Å²) in [6, 6.07) is 1.46. The first-order valence-electron chi connectivity index (χ1n) is 5.16. The van der Waals surface area contributed by atoms with Crippen LogP contribution in [0.1, 0.15) is 16.8 Å². The molecule has 0 saturated heterocycles. The lowest BCUT2D eigenvalue weighted by molar-refractivity contribution is -0.141. The summed E-state index contributed by atoms with van der Waals surface area (Å²) in [4.78, 5) is 3.58. The Bertz CT molecular complexity index is 680. The SMILES string of the molecule is Cc1cc(Cl)c2nc(C(F)(F)F)c(C)c(Cl)c2c1Cl. The van der Waals surface area contributed by atoms with Crippen LogP contribution in [-0.2, 0) is 6.18 Å². The summed E-state index contributed by atoms with van der Waals surface area (Å²) in [5.41, 5.74) is -0.626. The highest BCUT2D eigenvalue weighted by molar-refractivity contribution is 6.45. The zero-order valence-corrected chi connectivity index (χ0v) is 12.1. The largest absolute Gasteiger partial charge is 0.433 e. The first kappa shape index (κ1) is 14.7. The van der Waals surface area contributed by atoms with Crippen LogP contribution < -0.4 is 0 Å². The minimum atomic E-state index is -4.59. The fourth-order valence-corrected chi connectivity index (χ4v) is 2.68. The number of rotatable bonds is 0. The Labute approximate surface area is 122 Å². The van der Waals surface area contributed by atoms with E-state index in [9.17, 15) is 13.2 Å². The fraction of sp³-hybridized carbons (Fsp3) is 0.250. The zero-order chi connectivity index (χ0) is 14.5. The van der Waals surface area contributed by atoms with Crippen LogP contribution in [0.3, 0.4) is 0 Å². The van der Waals surface area contributed by atoms with Crippen LogP contribution in [0, 0.1) is 13.8 Å². The molecule has 0 radical (unpaired) electrons. The molecule has 1 aromatic heterocycles. The van der Waals surface area contributed by atoms with Gasteiger partial charge in [-0.2, -0.15) is 13.2 Å². The van der Waals surface area contributed by atoms with Crippen LogP contribution in [0.4, 0.5) is 13.2 Å². The quantitative estimate of drug-likeness (QED) is 0.593. The number of benzene rings is 1. The molecule has 0 aliphatic heterocycles. The number of nitrogens with zero attached hydrogens (tertiary/aromatic N) is 1. The van der Waals surface area contributed by atoms with E-state index in [1.807, 2.05) is 0 Å². The molecular formula is C12H7Cl3F3N. The highest BCUT2D eigenvalue weighted by atomic mass is 35.5. The van der Waals surface area contributed by atoms with E-state index in [1.165, 1.54) is 13.0 Å². The van der Waals surface area contributed by atoms with Gasteiger partial charge in [-0.1, -0.05) is 34.8 Å². The molecule has 7 heteroatoms. The summed E-state index contributed by atoms with van der Waals surface area (Å²) in [6.45, 7) is 2.95. The Balaban J connectivity index is 3.01. The van der Waals surface area contributed by atoms with Gasteiger partial charge in [-0.05, 0) is 31.0 Å². The molecule has 1 aromatic carbocycles. The first-order valence-corrected chi connectivity index (χ1v) is 6.29. The second kappa shape index (κ2) is 4.69. The Morgan fingerprint density at radius 1 is 1.05 bits per heavy atom. The molecule has 0 aliphatic carbocycles. The van der Waals surface area contributed by atoms with Crippen LogP contribution in [0.5, 0.6) is 0 Å². The Kier molecular flexibility index (Phi) is 3.62. The van der Waals surface area contributed by atoms with Gasteiger partial charge in [0, 0.05) is 5.39 Å². The Morgan fingerprint density at radius 2 is 1.63 bits per heavy atom. The maximum atomic E-state index is 12.9. The second-order valence-electron chi connectivity index (χ2n) is 4.11. The Hall–Kier alpha value is -0.710. The molecule has 0 bridgehead atoms. The highest BCUT2D eigenvalue weighted by Crippen LogP contribution is 2.42. The van der Waals surface area contributed by atoms with E-state index in [0.29, 0.717) is 5.56 Å². The van der Waals surface area contributed by atoms with Gasteiger partial charge in [-0.25, -0.2) is 4.98 Å². The average Bonchev–Trinajstić information content (AvgIpc) is 2.28. The average molecular weight is 329 g/mol. The van der Waals surface area contributed by atoms with Crippen molar-refractivity contribution in [2.75, 3.05) is 0 Å². The highest BCUT2D eigenvalue weighted by Gasteiger charge is 2.36. The molecule has 102 valence electrons. The molecule has 0 unspecified atom stereocenters. The topological polar surface area (TPSA) is 12.9 Å². The molecule has 0 saturated carbocycles. The summed E-state index contributed by atoms with van der Waals surface area (Å²) in [5, 5.41) is 0.518. The van der Waals surface area contributed by atoms with Crippen molar-refractivity contribution in [3.8, 4) is 0 Å². The molecular weight excluding hydrogens is 321 g/mol. The second-order valence-corrected chi connectivity index (χ2v) is 5.27. The molecule has 0 atom stereocenters. The summed E-state index contributed by atoms with van der Waals surface area (Å²) in [6.07, 6.45) is -4.59. The van der Waals surface area contributed by atoms with Crippen molar-refractivity contribution >= 4 is 45.7 Å². The summed E-state index contributed by atoms with van der Waals surface area (Å²) in [5.74, 6) is 0. The lowest BCUT2D eigenvalue weighted by Gasteiger charge is -2.15. The smallest absolute Gasteiger partial charge is 0.241 e. The van der Waals surface area contributed by atoms with Crippen LogP contribution in [0.25, 0.3) is 10.9 Å². The minimum absolute atomic E-state index is 0.0415. The third-order valence-electron chi connectivity index (χ3n) is 2.77. The number of pyridine rings is 1. The van der Waals surface area contributed by atoms with Gasteiger partial charge in [-0.3, -0.25) is 0 Å². The molecule has 0 spiro atoms. The van der Waals surface area contributed by atoms with E-state index in [0.717, 1.165) is 0 Å². The van der Waals surface area contributed by atoms with Gasteiger partial charge < -0.3 is 0 Å². The van der Waals surface area contributed by atoms with Crippen molar-refractivity contribution in [1.82, 2.24) is 4.98 Å². The molecule has 0 N–H and O–H groups in total. The van der Waals surface area contributed by atoms with Gasteiger partial charge in [-0.15, -0.1) is 0 Å². The van der Waals surface area contributed by atoms with Crippen molar-refractivity contribution in [2.45, 2.75) is 20.0 Å². The number of hydrogen-bond acceptors (Lipinski definition) is 1. The molecule has 2 rings (SSSR count). The van der Waals surface area contributed by atoms with E-state index < -0.39 is 11.9 Å². The lowest BCUT2D eigenvalue weighted by Crippen LogP contribution is -2.11. The van der Waals surface area contributed by atoms with Gasteiger partial charge in [0.15, 0.2) is 0 Å². The van der Waals surface area contributed by atoms with Crippen molar-refractivity contribution < 1.29 is 13.2 Å². The third-order valence-corrected chi connectivity index (χ3v) is 4.02. The van der Waals surface area contributed by atoms with E-state index in [2.05, 4.69) is 4.98 Å². The summed E-state index contributed by atoms with van der Waals surface area (Å²) in [7, 11) is 0. The van der Waals surface area contributed by atoms with Gasteiger partial charge in [0.05, 0.1) is 20.6 Å². The predicted octanol–water partition coefficient (Wildman–Crippen LogP) is 5.83. The van der Waals surface area contributed by atoms with E-state index in [-0.39, 0.29) is 31.5 Å². The number of alkyl halides is 3. The van der Waals surface area contributed by atoms with Crippen molar-refractivity contribution in [3.05, 3.63) is 38.0 Å². The standard InChI is InChI=1S/C12H7Cl3F3N/c1-4-3-6(13)10-7(8(4)14)9(15)5(2)11(19-10)12(16,17)18/h3H,1-2H3.